The van der Waals surface area contributed by atoms with Crippen LogP contribution in [0.15, 0.2) is 55.2 Å². The van der Waals surface area contributed by atoms with E-state index in [0.29, 0.717) is 11.9 Å². The molecule has 1 aliphatic rings. The Morgan fingerprint density at radius 2 is 1.96 bits per heavy atom. The molecular formula is C19H23N7. The third-order valence-electron chi connectivity index (χ3n) is 4.67. The number of anilines is 1. The van der Waals surface area contributed by atoms with Gasteiger partial charge in [0.05, 0.1) is 5.69 Å². The van der Waals surface area contributed by atoms with E-state index in [2.05, 4.69) is 47.1 Å². The van der Waals surface area contributed by atoms with Crippen LogP contribution in [0.25, 0.3) is 0 Å². The Morgan fingerprint density at radius 1 is 1.04 bits per heavy atom. The van der Waals surface area contributed by atoms with Crippen molar-refractivity contribution in [3.05, 3.63) is 66.5 Å². The fourth-order valence-electron chi connectivity index (χ4n) is 3.45. The molecule has 4 rings (SSSR count). The van der Waals surface area contributed by atoms with Crippen LogP contribution in [0.2, 0.25) is 0 Å². The fourth-order valence-corrected chi connectivity index (χ4v) is 3.45. The number of nitrogens with one attached hydrogen (secondary N) is 1. The standard InChI is InChI=1S/C19H23N7/c1-3-16(11-20-6-1)12-25-13-17(14-26-18(15-25)5-10-24-26)4-9-23-19-21-7-2-8-22-19/h1-3,5-8,10-11,17H,4,9,12-15H2,(H,21,22,23)/t17-/m0/s1. The van der Waals surface area contributed by atoms with Gasteiger partial charge in [0.2, 0.25) is 5.95 Å². The fraction of sp³-hybridized carbons (Fsp3) is 0.368. The lowest BCUT2D eigenvalue weighted by molar-refractivity contribution is 0.216. The first-order valence-corrected chi connectivity index (χ1v) is 8.99. The Labute approximate surface area is 153 Å². The highest BCUT2D eigenvalue weighted by Gasteiger charge is 2.22. The molecule has 3 aromatic rings. The van der Waals surface area contributed by atoms with E-state index in [1.807, 2.05) is 30.7 Å². The molecule has 0 amide bonds. The van der Waals surface area contributed by atoms with Gasteiger partial charge in [-0.2, -0.15) is 5.10 Å². The predicted octanol–water partition coefficient (Wildman–Crippen LogP) is 2.20. The lowest BCUT2D eigenvalue weighted by Gasteiger charge is -2.24. The normalized spacial score (nSPS) is 17.5. The molecule has 0 spiro atoms. The molecule has 0 aliphatic carbocycles. The molecule has 0 saturated carbocycles. The third-order valence-corrected chi connectivity index (χ3v) is 4.67. The molecule has 0 saturated heterocycles. The van der Waals surface area contributed by atoms with Gasteiger partial charge in [-0.1, -0.05) is 6.07 Å². The number of rotatable bonds is 6. The van der Waals surface area contributed by atoms with Crippen LogP contribution in [-0.4, -0.2) is 42.7 Å². The monoisotopic (exact) mass is 349 g/mol. The van der Waals surface area contributed by atoms with Gasteiger partial charge < -0.3 is 5.32 Å². The zero-order valence-corrected chi connectivity index (χ0v) is 14.7. The van der Waals surface area contributed by atoms with Gasteiger partial charge in [-0.3, -0.25) is 14.6 Å². The molecule has 7 nitrogen and oxygen atoms in total. The molecule has 0 fully saturated rings. The molecule has 134 valence electrons. The van der Waals surface area contributed by atoms with Gasteiger partial charge in [0.25, 0.3) is 0 Å². The molecule has 0 aromatic carbocycles. The summed E-state index contributed by atoms with van der Waals surface area (Å²) in [6, 6.07) is 8.08. The van der Waals surface area contributed by atoms with Crippen molar-refractivity contribution < 1.29 is 0 Å². The summed E-state index contributed by atoms with van der Waals surface area (Å²) in [6.07, 6.45) is 10.2. The number of nitrogens with zero attached hydrogens (tertiary/aromatic N) is 6. The molecule has 0 radical (unpaired) electrons. The van der Waals surface area contributed by atoms with Crippen LogP contribution in [0.1, 0.15) is 17.7 Å². The summed E-state index contributed by atoms with van der Waals surface area (Å²) in [4.78, 5) is 15.2. The van der Waals surface area contributed by atoms with Crippen molar-refractivity contribution >= 4 is 5.95 Å². The highest BCUT2D eigenvalue weighted by molar-refractivity contribution is 5.21. The van der Waals surface area contributed by atoms with Crippen LogP contribution < -0.4 is 5.32 Å². The van der Waals surface area contributed by atoms with E-state index in [0.717, 1.165) is 39.1 Å². The van der Waals surface area contributed by atoms with Gasteiger partial charge in [0, 0.05) is 63.7 Å². The van der Waals surface area contributed by atoms with Crippen molar-refractivity contribution in [2.75, 3.05) is 18.4 Å². The van der Waals surface area contributed by atoms with E-state index in [1.165, 1.54) is 11.3 Å². The Hall–Kier alpha value is -2.80. The van der Waals surface area contributed by atoms with E-state index < -0.39 is 0 Å². The van der Waals surface area contributed by atoms with Crippen molar-refractivity contribution in [1.29, 1.82) is 0 Å². The largest absolute Gasteiger partial charge is 0.354 e. The summed E-state index contributed by atoms with van der Waals surface area (Å²) in [5.74, 6) is 1.21. The van der Waals surface area contributed by atoms with E-state index in [4.69, 9.17) is 0 Å². The summed E-state index contributed by atoms with van der Waals surface area (Å²) in [5.41, 5.74) is 2.52. The van der Waals surface area contributed by atoms with E-state index in [1.54, 1.807) is 12.4 Å². The molecule has 7 heteroatoms. The Bertz CT molecular complexity index is 803. The summed E-state index contributed by atoms with van der Waals surface area (Å²) in [5, 5.41) is 7.82. The first-order valence-electron chi connectivity index (χ1n) is 8.99. The zero-order valence-electron chi connectivity index (χ0n) is 14.7. The summed E-state index contributed by atoms with van der Waals surface area (Å²) >= 11 is 0. The molecule has 1 atom stereocenters. The van der Waals surface area contributed by atoms with Crippen molar-refractivity contribution in [2.24, 2.45) is 5.92 Å². The lowest BCUT2D eigenvalue weighted by Crippen LogP contribution is -2.28. The molecule has 26 heavy (non-hydrogen) atoms. The van der Waals surface area contributed by atoms with E-state index >= 15 is 0 Å². The van der Waals surface area contributed by atoms with Crippen molar-refractivity contribution in [1.82, 2.24) is 29.6 Å². The molecule has 3 aromatic heterocycles. The Kier molecular flexibility index (Phi) is 5.16. The third kappa shape index (κ3) is 4.23. The number of aromatic nitrogens is 5. The van der Waals surface area contributed by atoms with Gasteiger partial charge in [-0.25, -0.2) is 9.97 Å². The first kappa shape index (κ1) is 16.7. The molecular weight excluding hydrogens is 326 g/mol. The number of fused-ring (bicyclic) bond motifs is 1. The average molecular weight is 349 g/mol. The second-order valence-corrected chi connectivity index (χ2v) is 6.69. The van der Waals surface area contributed by atoms with Crippen LogP contribution >= 0.6 is 0 Å². The maximum atomic E-state index is 4.51. The second kappa shape index (κ2) is 8.05. The smallest absolute Gasteiger partial charge is 0.222 e. The number of pyridine rings is 1. The second-order valence-electron chi connectivity index (χ2n) is 6.69. The van der Waals surface area contributed by atoms with Crippen LogP contribution in [0.3, 0.4) is 0 Å². The van der Waals surface area contributed by atoms with Gasteiger partial charge in [-0.05, 0) is 36.1 Å². The maximum Gasteiger partial charge on any atom is 0.222 e. The Balaban J connectivity index is 1.40. The minimum Gasteiger partial charge on any atom is -0.354 e. The van der Waals surface area contributed by atoms with Crippen LogP contribution in [0.5, 0.6) is 0 Å². The summed E-state index contributed by atoms with van der Waals surface area (Å²) < 4.78 is 2.15. The average Bonchev–Trinajstić information content (AvgIpc) is 3.03. The molecule has 0 unspecified atom stereocenters. The van der Waals surface area contributed by atoms with Crippen molar-refractivity contribution in [3.8, 4) is 0 Å². The van der Waals surface area contributed by atoms with Crippen LogP contribution in [-0.2, 0) is 19.6 Å². The van der Waals surface area contributed by atoms with Gasteiger partial charge in [0.15, 0.2) is 0 Å². The van der Waals surface area contributed by atoms with E-state index in [-0.39, 0.29) is 0 Å². The predicted molar refractivity (Wildman–Crippen MR) is 99.2 cm³/mol. The van der Waals surface area contributed by atoms with Crippen molar-refractivity contribution in [3.63, 3.8) is 0 Å². The van der Waals surface area contributed by atoms with Crippen LogP contribution in [0.4, 0.5) is 5.95 Å². The topological polar surface area (TPSA) is 71.8 Å². The van der Waals surface area contributed by atoms with Crippen LogP contribution in [0, 0.1) is 5.92 Å². The van der Waals surface area contributed by atoms with Crippen molar-refractivity contribution in [2.45, 2.75) is 26.1 Å². The summed E-state index contributed by atoms with van der Waals surface area (Å²) in [6.45, 7) is 4.66. The zero-order chi connectivity index (χ0) is 17.6. The molecule has 4 heterocycles. The van der Waals surface area contributed by atoms with Gasteiger partial charge >= 0.3 is 0 Å². The molecule has 1 N–H and O–H groups in total. The lowest BCUT2D eigenvalue weighted by atomic mass is 10.0. The van der Waals surface area contributed by atoms with Gasteiger partial charge in [-0.15, -0.1) is 0 Å². The maximum absolute atomic E-state index is 4.51. The minimum atomic E-state index is 0.518. The van der Waals surface area contributed by atoms with E-state index in [9.17, 15) is 0 Å². The highest BCUT2D eigenvalue weighted by Crippen LogP contribution is 2.20. The summed E-state index contributed by atoms with van der Waals surface area (Å²) in [7, 11) is 0. The SMILES string of the molecule is c1cnc(NCC[C@H]2CN(Cc3cccnc3)Cc3ccnn3C2)nc1. The Morgan fingerprint density at radius 3 is 2.81 bits per heavy atom. The minimum absolute atomic E-state index is 0.518. The number of hydrogen-bond acceptors (Lipinski definition) is 6. The number of hydrogen-bond donors (Lipinski definition) is 1. The van der Waals surface area contributed by atoms with Gasteiger partial charge in [0.1, 0.15) is 0 Å². The molecule has 1 aliphatic heterocycles. The first-order chi connectivity index (χ1) is 12.9. The quantitative estimate of drug-likeness (QED) is 0.736. The molecule has 0 bridgehead atoms. The highest BCUT2D eigenvalue weighted by atomic mass is 15.3.